The molecule has 0 radical (unpaired) electrons. The van der Waals surface area contributed by atoms with Gasteiger partial charge in [0.05, 0.1) is 12.2 Å². The van der Waals surface area contributed by atoms with E-state index in [1.54, 1.807) is 38.1 Å². The van der Waals surface area contributed by atoms with Crippen molar-refractivity contribution in [3.05, 3.63) is 45.3 Å². The second kappa shape index (κ2) is 11.3. The Morgan fingerprint density at radius 2 is 1.81 bits per heavy atom. The summed E-state index contributed by atoms with van der Waals surface area (Å²) in [5.41, 5.74) is 0.791. The second-order valence-electron chi connectivity index (χ2n) is 7.58. The molecule has 0 unspecified atom stereocenters. The molecule has 0 atom stereocenters. The normalized spacial score (nSPS) is 14.0. The molecule has 1 saturated carbocycles. The van der Waals surface area contributed by atoms with Crippen LogP contribution in [0.4, 0.5) is 5.00 Å². The molecule has 0 aliphatic heterocycles. The van der Waals surface area contributed by atoms with E-state index in [0.29, 0.717) is 31.8 Å². The van der Waals surface area contributed by atoms with Gasteiger partial charge >= 0.3 is 5.97 Å². The summed E-state index contributed by atoms with van der Waals surface area (Å²) in [4.78, 5) is 38.3. The largest absolute Gasteiger partial charge is 0.484 e. The monoisotopic (exact) mass is 478 g/mol. The highest BCUT2D eigenvalue weighted by Crippen LogP contribution is 2.34. The summed E-state index contributed by atoms with van der Waals surface area (Å²) in [6, 6.07) is 6.74. The lowest BCUT2D eigenvalue weighted by atomic mass is 9.95. The van der Waals surface area contributed by atoms with Gasteiger partial charge in [0.25, 0.3) is 11.8 Å². The molecule has 32 heavy (non-hydrogen) atoms. The van der Waals surface area contributed by atoms with Gasteiger partial charge < -0.3 is 20.1 Å². The third-order valence-corrected chi connectivity index (χ3v) is 6.65. The van der Waals surface area contributed by atoms with Crippen molar-refractivity contribution in [2.75, 3.05) is 18.5 Å². The number of esters is 1. The van der Waals surface area contributed by atoms with Crippen LogP contribution in [0.3, 0.4) is 0 Å². The third-order valence-electron chi connectivity index (χ3n) is 5.21. The number of ether oxygens (including phenoxy) is 2. The predicted molar refractivity (Wildman–Crippen MR) is 125 cm³/mol. The van der Waals surface area contributed by atoms with Crippen molar-refractivity contribution in [1.82, 2.24) is 5.32 Å². The van der Waals surface area contributed by atoms with E-state index in [1.807, 2.05) is 0 Å². The van der Waals surface area contributed by atoms with Crippen LogP contribution in [0.1, 0.15) is 64.6 Å². The molecule has 2 aromatic rings. The van der Waals surface area contributed by atoms with E-state index in [0.717, 1.165) is 37.0 Å². The van der Waals surface area contributed by atoms with Crippen molar-refractivity contribution >= 4 is 45.7 Å². The van der Waals surface area contributed by atoms with Crippen LogP contribution in [0.2, 0.25) is 5.02 Å². The van der Waals surface area contributed by atoms with Crippen LogP contribution in [0.5, 0.6) is 5.75 Å². The van der Waals surface area contributed by atoms with Gasteiger partial charge in [0.2, 0.25) is 0 Å². The van der Waals surface area contributed by atoms with Crippen molar-refractivity contribution < 1.29 is 23.9 Å². The minimum absolute atomic E-state index is 0.0957. The first-order valence-corrected chi connectivity index (χ1v) is 11.9. The zero-order valence-electron chi connectivity index (χ0n) is 18.2. The van der Waals surface area contributed by atoms with Crippen molar-refractivity contribution in [1.29, 1.82) is 0 Å². The van der Waals surface area contributed by atoms with Crippen molar-refractivity contribution in [3.63, 3.8) is 0 Å². The third kappa shape index (κ3) is 6.23. The van der Waals surface area contributed by atoms with Gasteiger partial charge in [-0.25, -0.2) is 4.79 Å². The Morgan fingerprint density at radius 3 is 2.47 bits per heavy atom. The van der Waals surface area contributed by atoms with Gasteiger partial charge in [-0.05, 0) is 56.5 Å². The number of nitrogens with one attached hydrogen (secondary N) is 2. The molecule has 0 spiro atoms. The Labute approximate surface area is 196 Å². The van der Waals surface area contributed by atoms with E-state index in [-0.39, 0.29) is 25.2 Å². The Bertz CT molecular complexity index is 968. The Hall–Kier alpha value is -2.58. The highest BCUT2D eigenvalue weighted by molar-refractivity contribution is 7.18. The van der Waals surface area contributed by atoms with Gasteiger partial charge in [0.15, 0.2) is 6.61 Å². The maximum absolute atomic E-state index is 13.1. The van der Waals surface area contributed by atoms with Crippen molar-refractivity contribution in [2.45, 2.75) is 52.0 Å². The number of carbonyl (C=O) groups excluding carboxylic acids is 3. The molecular weight excluding hydrogens is 452 g/mol. The first-order valence-electron chi connectivity index (χ1n) is 10.7. The minimum atomic E-state index is -0.514. The number of carbonyl (C=O) groups is 3. The number of amides is 2. The van der Waals surface area contributed by atoms with Crippen molar-refractivity contribution in [3.8, 4) is 5.75 Å². The maximum atomic E-state index is 13.1. The molecule has 1 fully saturated rings. The summed E-state index contributed by atoms with van der Waals surface area (Å²) in [5, 5.41) is 6.66. The molecule has 2 amide bonds. The lowest BCUT2D eigenvalue weighted by molar-refractivity contribution is -0.118. The number of anilines is 1. The topological polar surface area (TPSA) is 93.7 Å². The van der Waals surface area contributed by atoms with Gasteiger partial charge in [0.1, 0.15) is 15.6 Å². The lowest BCUT2D eigenvalue weighted by Crippen LogP contribution is -2.36. The molecule has 1 aromatic heterocycles. The van der Waals surface area contributed by atoms with E-state index >= 15 is 0 Å². The summed E-state index contributed by atoms with van der Waals surface area (Å²) in [6.45, 7) is 3.38. The Balaban J connectivity index is 1.76. The molecule has 7 nitrogen and oxygen atoms in total. The van der Waals surface area contributed by atoms with Gasteiger partial charge in [-0.2, -0.15) is 0 Å². The summed E-state index contributed by atoms with van der Waals surface area (Å²) in [7, 11) is 0. The zero-order chi connectivity index (χ0) is 23.1. The highest BCUT2D eigenvalue weighted by atomic mass is 35.5. The van der Waals surface area contributed by atoms with Crippen molar-refractivity contribution in [2.24, 2.45) is 0 Å². The molecule has 1 aliphatic rings. The van der Waals surface area contributed by atoms with Gasteiger partial charge in [-0.15, -0.1) is 11.3 Å². The molecule has 9 heteroatoms. The molecule has 172 valence electrons. The predicted octanol–water partition coefficient (Wildman–Crippen LogP) is 4.97. The Morgan fingerprint density at radius 1 is 1.12 bits per heavy atom. The molecule has 3 rings (SSSR count). The molecule has 1 aromatic carbocycles. The summed E-state index contributed by atoms with van der Waals surface area (Å²) >= 11 is 6.89. The Kier molecular flexibility index (Phi) is 8.53. The number of benzene rings is 1. The van der Waals surface area contributed by atoms with Gasteiger partial charge in [0, 0.05) is 11.1 Å². The van der Waals surface area contributed by atoms with Crippen LogP contribution in [-0.4, -0.2) is 37.0 Å². The quantitative estimate of drug-likeness (QED) is 0.522. The van der Waals surface area contributed by atoms with E-state index < -0.39 is 11.9 Å². The number of thiophene rings is 1. The van der Waals surface area contributed by atoms with Gasteiger partial charge in [-0.3, -0.25) is 9.59 Å². The molecular formula is C23H27ClN2O5S. The standard InChI is InChI=1S/C23H27ClN2O5S/c1-3-30-23(29)20-14(2)19(21(28)25-16-7-5-4-6-8-16)22(32-20)26-18(27)13-31-17-11-9-15(24)10-12-17/h9-12,16H,3-8,13H2,1-2H3,(H,25,28)(H,26,27). The SMILES string of the molecule is CCOC(=O)c1sc(NC(=O)COc2ccc(Cl)cc2)c(C(=O)NC2CCCCC2)c1C. The number of halogens is 1. The van der Waals surface area contributed by atoms with Crippen LogP contribution in [-0.2, 0) is 9.53 Å². The molecule has 1 aliphatic carbocycles. The summed E-state index contributed by atoms with van der Waals surface area (Å²) in [5.74, 6) is -0.757. The van der Waals surface area contributed by atoms with Gasteiger partial charge in [-0.1, -0.05) is 30.9 Å². The minimum Gasteiger partial charge on any atom is -0.484 e. The summed E-state index contributed by atoms with van der Waals surface area (Å²) < 4.78 is 10.6. The van der Waals surface area contributed by atoms with E-state index in [2.05, 4.69) is 10.6 Å². The van der Waals surface area contributed by atoms with E-state index in [1.165, 1.54) is 6.42 Å². The van der Waals surface area contributed by atoms with Crippen LogP contribution >= 0.6 is 22.9 Å². The molecule has 0 bridgehead atoms. The summed E-state index contributed by atoms with van der Waals surface area (Å²) in [6.07, 6.45) is 5.18. The molecule has 2 N–H and O–H groups in total. The fourth-order valence-corrected chi connectivity index (χ4v) is 4.85. The lowest BCUT2D eigenvalue weighted by Gasteiger charge is -2.23. The fourth-order valence-electron chi connectivity index (χ4n) is 3.61. The first-order chi connectivity index (χ1) is 15.4. The van der Waals surface area contributed by atoms with Crippen LogP contribution in [0.15, 0.2) is 24.3 Å². The van der Waals surface area contributed by atoms with E-state index in [4.69, 9.17) is 21.1 Å². The second-order valence-corrected chi connectivity index (χ2v) is 9.04. The average molecular weight is 479 g/mol. The number of rotatable bonds is 8. The molecule has 1 heterocycles. The average Bonchev–Trinajstić information content (AvgIpc) is 3.10. The number of hydrogen-bond acceptors (Lipinski definition) is 6. The van der Waals surface area contributed by atoms with Crippen LogP contribution in [0.25, 0.3) is 0 Å². The number of hydrogen-bond donors (Lipinski definition) is 2. The fraction of sp³-hybridized carbons (Fsp3) is 0.435. The highest BCUT2D eigenvalue weighted by Gasteiger charge is 2.28. The van der Waals surface area contributed by atoms with E-state index in [9.17, 15) is 14.4 Å². The van der Waals surface area contributed by atoms with Crippen LogP contribution < -0.4 is 15.4 Å². The first kappa shape index (κ1) is 24.1. The van der Waals surface area contributed by atoms with Crippen LogP contribution in [0, 0.1) is 6.92 Å². The molecule has 0 saturated heterocycles. The maximum Gasteiger partial charge on any atom is 0.348 e. The smallest absolute Gasteiger partial charge is 0.348 e. The zero-order valence-corrected chi connectivity index (χ0v) is 19.7.